The molecule has 0 aliphatic rings. The Bertz CT molecular complexity index is 259. The Hall–Kier alpha value is -0.520. The van der Waals surface area contributed by atoms with E-state index in [1.54, 1.807) is 11.3 Å². The zero-order valence-electron chi connectivity index (χ0n) is 8.82. The number of hydrogen-bond acceptors (Lipinski definition) is 5. The van der Waals surface area contributed by atoms with Gasteiger partial charge in [0.25, 0.3) is 0 Å². The van der Waals surface area contributed by atoms with Crippen molar-refractivity contribution in [2.75, 3.05) is 13.2 Å². The van der Waals surface area contributed by atoms with Crippen LogP contribution in [0, 0.1) is 6.92 Å². The lowest BCUT2D eigenvalue weighted by molar-refractivity contribution is -0.134. The van der Waals surface area contributed by atoms with Gasteiger partial charge in [0, 0.05) is 13.2 Å². The molecule has 4 nitrogen and oxygen atoms in total. The molecule has 5 heteroatoms. The van der Waals surface area contributed by atoms with Crippen LogP contribution in [-0.4, -0.2) is 29.7 Å². The third-order valence-corrected chi connectivity index (χ3v) is 2.48. The summed E-state index contributed by atoms with van der Waals surface area (Å²) in [7, 11) is 0. The highest BCUT2D eigenvalue weighted by Crippen LogP contribution is 2.12. The quantitative estimate of drug-likeness (QED) is 0.680. The third kappa shape index (κ3) is 3.69. The molecule has 0 unspecified atom stereocenters. The first-order valence-electron chi connectivity index (χ1n) is 4.78. The summed E-state index contributed by atoms with van der Waals surface area (Å²) >= 11 is 1.59. The first-order chi connectivity index (χ1) is 6.76. The van der Waals surface area contributed by atoms with Gasteiger partial charge in [-0.25, -0.2) is 0 Å². The Morgan fingerprint density at radius 1 is 1.21 bits per heavy atom. The van der Waals surface area contributed by atoms with Crippen LogP contribution < -0.4 is 0 Å². The molecule has 0 aromatic carbocycles. The fourth-order valence-electron chi connectivity index (χ4n) is 1.10. The highest BCUT2D eigenvalue weighted by Gasteiger charge is 2.11. The Morgan fingerprint density at radius 3 is 2.29 bits per heavy atom. The van der Waals surface area contributed by atoms with Crippen molar-refractivity contribution in [1.82, 2.24) is 10.2 Å². The van der Waals surface area contributed by atoms with Crippen LogP contribution in [0.1, 0.15) is 23.9 Å². The Labute approximate surface area is 88.3 Å². The van der Waals surface area contributed by atoms with Gasteiger partial charge in [0.2, 0.25) is 0 Å². The maximum Gasteiger partial charge on any atom is 0.163 e. The van der Waals surface area contributed by atoms with Crippen molar-refractivity contribution in [2.45, 2.75) is 33.5 Å². The average Bonchev–Trinajstić information content (AvgIpc) is 2.52. The van der Waals surface area contributed by atoms with Crippen LogP contribution in [0.2, 0.25) is 0 Å². The smallest absolute Gasteiger partial charge is 0.163 e. The summed E-state index contributed by atoms with van der Waals surface area (Å²) in [6.07, 6.45) is 0.505. The summed E-state index contributed by atoms with van der Waals surface area (Å²) in [6.45, 7) is 7.16. The van der Waals surface area contributed by atoms with Crippen molar-refractivity contribution >= 4 is 11.3 Å². The summed E-state index contributed by atoms with van der Waals surface area (Å²) in [4.78, 5) is 0. The van der Waals surface area contributed by atoms with Gasteiger partial charge in [0.05, 0.1) is 6.42 Å². The van der Waals surface area contributed by atoms with E-state index >= 15 is 0 Å². The van der Waals surface area contributed by atoms with E-state index in [0.717, 1.165) is 10.0 Å². The molecular weight excluding hydrogens is 200 g/mol. The van der Waals surface area contributed by atoms with E-state index in [1.807, 2.05) is 20.8 Å². The number of rotatable bonds is 6. The maximum atomic E-state index is 5.41. The van der Waals surface area contributed by atoms with Gasteiger partial charge >= 0.3 is 0 Å². The normalized spacial score (nSPS) is 11.1. The molecule has 1 rings (SSSR count). The largest absolute Gasteiger partial charge is 0.353 e. The molecule has 0 spiro atoms. The van der Waals surface area contributed by atoms with Crippen molar-refractivity contribution in [3.8, 4) is 0 Å². The lowest BCUT2D eigenvalue weighted by Crippen LogP contribution is -2.20. The zero-order chi connectivity index (χ0) is 10.4. The molecule has 1 aromatic rings. The van der Waals surface area contributed by atoms with Crippen LogP contribution in [0.4, 0.5) is 0 Å². The molecule has 80 valence electrons. The molecule has 0 saturated carbocycles. The van der Waals surface area contributed by atoms with Crippen LogP contribution in [0.25, 0.3) is 0 Å². The fraction of sp³-hybridized carbons (Fsp3) is 0.778. The number of aromatic nitrogens is 2. The molecule has 0 N–H and O–H groups in total. The first kappa shape index (κ1) is 11.6. The van der Waals surface area contributed by atoms with Crippen molar-refractivity contribution in [1.29, 1.82) is 0 Å². The second-order valence-electron chi connectivity index (χ2n) is 2.76. The van der Waals surface area contributed by atoms with Gasteiger partial charge < -0.3 is 9.47 Å². The third-order valence-electron chi connectivity index (χ3n) is 1.61. The Balaban J connectivity index is 2.46. The average molecular weight is 216 g/mol. The lowest BCUT2D eigenvalue weighted by atomic mass is 10.4. The van der Waals surface area contributed by atoms with Gasteiger partial charge in [-0.2, -0.15) is 0 Å². The number of aryl methyl sites for hydroxylation is 1. The van der Waals surface area contributed by atoms with E-state index < -0.39 is 0 Å². The van der Waals surface area contributed by atoms with Crippen LogP contribution >= 0.6 is 11.3 Å². The standard InChI is InChI=1S/C9H16N2O2S/c1-4-12-9(13-5-2)6-8-11-10-7(3)14-8/h9H,4-6H2,1-3H3. The summed E-state index contributed by atoms with van der Waals surface area (Å²) in [5.41, 5.74) is 0. The van der Waals surface area contributed by atoms with Crippen molar-refractivity contribution in [3.05, 3.63) is 10.0 Å². The molecule has 0 radical (unpaired) electrons. The van der Waals surface area contributed by atoms with Gasteiger partial charge in [-0.05, 0) is 20.8 Å². The minimum absolute atomic E-state index is 0.183. The van der Waals surface area contributed by atoms with E-state index in [0.29, 0.717) is 19.6 Å². The highest BCUT2D eigenvalue weighted by molar-refractivity contribution is 7.11. The summed E-state index contributed by atoms with van der Waals surface area (Å²) < 4.78 is 10.8. The van der Waals surface area contributed by atoms with Gasteiger partial charge in [-0.3, -0.25) is 0 Å². The number of hydrogen-bond donors (Lipinski definition) is 0. The van der Waals surface area contributed by atoms with Crippen molar-refractivity contribution in [2.24, 2.45) is 0 Å². The second-order valence-corrected chi connectivity index (χ2v) is 4.03. The summed E-state index contributed by atoms with van der Waals surface area (Å²) in [6, 6.07) is 0. The maximum absolute atomic E-state index is 5.41. The lowest BCUT2D eigenvalue weighted by Gasteiger charge is -2.14. The minimum atomic E-state index is -0.183. The number of ether oxygens (including phenoxy) is 2. The van der Waals surface area contributed by atoms with Gasteiger partial charge in [-0.15, -0.1) is 21.5 Å². The Morgan fingerprint density at radius 2 is 1.86 bits per heavy atom. The minimum Gasteiger partial charge on any atom is -0.353 e. The topological polar surface area (TPSA) is 44.2 Å². The molecule has 14 heavy (non-hydrogen) atoms. The van der Waals surface area contributed by atoms with Crippen LogP contribution in [-0.2, 0) is 15.9 Å². The second kappa shape index (κ2) is 6.06. The summed E-state index contributed by atoms with van der Waals surface area (Å²) in [5, 5.41) is 9.92. The van der Waals surface area contributed by atoms with Gasteiger partial charge in [0.1, 0.15) is 10.0 Å². The predicted molar refractivity (Wildman–Crippen MR) is 55.4 cm³/mol. The number of nitrogens with zero attached hydrogens (tertiary/aromatic N) is 2. The summed E-state index contributed by atoms with van der Waals surface area (Å²) in [5.74, 6) is 0. The van der Waals surface area contributed by atoms with E-state index in [2.05, 4.69) is 10.2 Å². The van der Waals surface area contributed by atoms with E-state index in [-0.39, 0.29) is 6.29 Å². The van der Waals surface area contributed by atoms with Crippen LogP contribution in [0.5, 0.6) is 0 Å². The molecule has 0 saturated heterocycles. The molecule has 0 bridgehead atoms. The fourth-order valence-corrected chi connectivity index (χ4v) is 1.82. The highest BCUT2D eigenvalue weighted by atomic mass is 32.1. The van der Waals surface area contributed by atoms with Gasteiger partial charge in [-0.1, -0.05) is 0 Å². The monoisotopic (exact) mass is 216 g/mol. The predicted octanol–water partition coefficient (Wildman–Crippen LogP) is 1.79. The first-order valence-corrected chi connectivity index (χ1v) is 5.60. The van der Waals surface area contributed by atoms with Crippen molar-refractivity contribution < 1.29 is 9.47 Å². The molecule has 0 aliphatic heterocycles. The molecular formula is C9H16N2O2S. The molecule has 0 amide bonds. The molecule has 0 aliphatic carbocycles. The van der Waals surface area contributed by atoms with E-state index in [9.17, 15) is 0 Å². The van der Waals surface area contributed by atoms with Crippen molar-refractivity contribution in [3.63, 3.8) is 0 Å². The van der Waals surface area contributed by atoms with E-state index in [4.69, 9.17) is 9.47 Å². The molecule has 1 heterocycles. The van der Waals surface area contributed by atoms with Crippen LogP contribution in [0.3, 0.4) is 0 Å². The van der Waals surface area contributed by atoms with Gasteiger partial charge in [0.15, 0.2) is 6.29 Å². The molecule has 0 fully saturated rings. The SMILES string of the molecule is CCOC(Cc1nnc(C)s1)OCC. The zero-order valence-corrected chi connectivity index (χ0v) is 9.63. The van der Waals surface area contributed by atoms with Crippen LogP contribution in [0.15, 0.2) is 0 Å². The van der Waals surface area contributed by atoms with E-state index in [1.165, 1.54) is 0 Å². The Kier molecular flexibility index (Phi) is 5.00. The molecule has 1 aromatic heterocycles. The molecule has 0 atom stereocenters.